The second-order valence-electron chi connectivity index (χ2n) is 4.47. The molecule has 0 aliphatic heterocycles. The van der Waals surface area contributed by atoms with Crippen LogP contribution in [0.5, 0.6) is 0 Å². The van der Waals surface area contributed by atoms with Gasteiger partial charge in [0.1, 0.15) is 5.69 Å². The summed E-state index contributed by atoms with van der Waals surface area (Å²) in [5, 5.41) is 5.04. The Morgan fingerprint density at radius 2 is 2.00 bits per heavy atom. The van der Waals surface area contributed by atoms with Crippen LogP contribution < -0.4 is 5.73 Å². The highest BCUT2D eigenvalue weighted by Gasteiger charge is 2.20. The summed E-state index contributed by atoms with van der Waals surface area (Å²) in [7, 11) is 0. The number of anilines is 1. The highest BCUT2D eigenvalue weighted by atomic mass is 79.9. The Hall–Kier alpha value is -1.01. The first-order valence-electron chi connectivity index (χ1n) is 5.94. The zero-order chi connectivity index (χ0) is 15.1. The number of nitrogen functional groups attached to an aromatic ring is 1. The molecule has 0 unspecified atom stereocenters. The molecule has 108 valence electrons. The van der Waals surface area contributed by atoms with Gasteiger partial charge in [0.25, 0.3) is 0 Å². The number of nitrogens with zero attached hydrogens (tertiary/aromatic N) is 1. The lowest BCUT2D eigenvalue weighted by atomic mass is 10.0. The van der Waals surface area contributed by atoms with Crippen molar-refractivity contribution in [1.82, 2.24) is 5.16 Å². The van der Waals surface area contributed by atoms with Crippen molar-refractivity contribution in [3.8, 4) is 21.7 Å². The van der Waals surface area contributed by atoms with E-state index in [0.29, 0.717) is 15.7 Å². The summed E-state index contributed by atoms with van der Waals surface area (Å²) >= 11 is 17.1. The molecule has 0 aliphatic rings. The highest BCUT2D eigenvalue weighted by Crippen LogP contribution is 2.42. The molecule has 21 heavy (non-hydrogen) atoms. The van der Waals surface area contributed by atoms with Gasteiger partial charge in [-0.2, -0.15) is 0 Å². The predicted molar refractivity (Wildman–Crippen MR) is 92.1 cm³/mol. The topological polar surface area (TPSA) is 52.0 Å². The second-order valence-corrected chi connectivity index (χ2v) is 7.65. The summed E-state index contributed by atoms with van der Waals surface area (Å²) in [6, 6.07) is 7.36. The van der Waals surface area contributed by atoms with Crippen molar-refractivity contribution in [2.75, 3.05) is 5.73 Å². The predicted octanol–water partition coefficient (Wildman–Crippen LogP) is 6.03. The summed E-state index contributed by atoms with van der Waals surface area (Å²) in [4.78, 5) is 0.973. The van der Waals surface area contributed by atoms with E-state index in [1.165, 1.54) is 0 Å². The zero-order valence-electron chi connectivity index (χ0n) is 10.8. The lowest BCUT2D eigenvalue weighted by molar-refractivity contribution is 0.439. The number of aryl methyl sites for hydroxylation is 1. The third-order valence-electron chi connectivity index (χ3n) is 3.02. The van der Waals surface area contributed by atoms with Crippen molar-refractivity contribution >= 4 is 56.4 Å². The number of halogens is 3. The Bertz CT molecular complexity index is 809. The molecule has 0 bridgehead atoms. The van der Waals surface area contributed by atoms with Gasteiger partial charge in [-0.25, -0.2) is 0 Å². The molecule has 2 heterocycles. The molecule has 3 rings (SSSR count). The average Bonchev–Trinajstić information content (AvgIpc) is 2.97. The van der Waals surface area contributed by atoms with Gasteiger partial charge in [0, 0.05) is 0 Å². The van der Waals surface area contributed by atoms with E-state index in [0.717, 1.165) is 25.4 Å². The van der Waals surface area contributed by atoms with Gasteiger partial charge >= 0.3 is 0 Å². The van der Waals surface area contributed by atoms with Gasteiger partial charge in [0.2, 0.25) is 5.88 Å². The van der Waals surface area contributed by atoms with Gasteiger partial charge in [0.15, 0.2) is 0 Å². The van der Waals surface area contributed by atoms with Crippen LogP contribution in [0.3, 0.4) is 0 Å². The number of hydrogen-bond donors (Lipinski definition) is 1. The van der Waals surface area contributed by atoms with Crippen LogP contribution in [-0.2, 0) is 0 Å². The van der Waals surface area contributed by atoms with E-state index in [9.17, 15) is 0 Å². The van der Waals surface area contributed by atoms with Crippen LogP contribution >= 0.6 is 50.5 Å². The normalized spacial score (nSPS) is 11.0. The maximum Gasteiger partial charge on any atom is 0.230 e. The first-order chi connectivity index (χ1) is 9.97. The molecule has 2 N–H and O–H groups in total. The number of nitrogens with two attached hydrogens (primary N) is 1. The van der Waals surface area contributed by atoms with Crippen LogP contribution in [0.1, 0.15) is 5.56 Å². The van der Waals surface area contributed by atoms with Crippen molar-refractivity contribution in [1.29, 1.82) is 0 Å². The van der Waals surface area contributed by atoms with Crippen molar-refractivity contribution < 1.29 is 4.52 Å². The molecule has 0 aliphatic carbocycles. The van der Waals surface area contributed by atoms with Crippen LogP contribution in [0.2, 0.25) is 10.0 Å². The van der Waals surface area contributed by atoms with Gasteiger partial charge in [-0.05, 0) is 52.2 Å². The van der Waals surface area contributed by atoms with Crippen LogP contribution in [-0.4, -0.2) is 5.16 Å². The first kappa shape index (κ1) is 14.9. The van der Waals surface area contributed by atoms with Gasteiger partial charge in [-0.1, -0.05) is 34.4 Å². The fourth-order valence-electron chi connectivity index (χ4n) is 1.98. The summed E-state index contributed by atoms with van der Waals surface area (Å²) in [5.41, 5.74) is 9.31. The lowest BCUT2D eigenvalue weighted by Gasteiger charge is -2.03. The molecule has 0 spiro atoms. The monoisotopic (exact) mass is 402 g/mol. The van der Waals surface area contributed by atoms with Crippen molar-refractivity contribution in [3.05, 3.63) is 43.7 Å². The molecule has 3 nitrogen and oxygen atoms in total. The Morgan fingerprint density at radius 1 is 1.24 bits per heavy atom. The Morgan fingerprint density at radius 3 is 2.62 bits per heavy atom. The molecule has 0 atom stereocenters. The van der Waals surface area contributed by atoms with E-state index in [1.807, 2.05) is 19.1 Å². The molecular weight excluding hydrogens is 395 g/mol. The summed E-state index contributed by atoms with van der Waals surface area (Å²) in [5.74, 6) is 0.255. The van der Waals surface area contributed by atoms with Crippen LogP contribution in [0.25, 0.3) is 21.7 Å². The summed E-state index contributed by atoms with van der Waals surface area (Å²) in [6.45, 7) is 2.02. The smallest absolute Gasteiger partial charge is 0.230 e. The average molecular weight is 404 g/mol. The highest BCUT2D eigenvalue weighted by molar-refractivity contribution is 9.11. The van der Waals surface area contributed by atoms with E-state index < -0.39 is 0 Å². The molecule has 2 aromatic heterocycles. The Labute approximate surface area is 143 Å². The molecule has 3 aromatic rings. The zero-order valence-corrected chi connectivity index (χ0v) is 14.7. The third-order valence-corrected chi connectivity index (χ3v) is 5.90. The van der Waals surface area contributed by atoms with Crippen molar-refractivity contribution in [2.24, 2.45) is 0 Å². The van der Waals surface area contributed by atoms with Crippen LogP contribution in [0, 0.1) is 6.92 Å². The number of aromatic nitrogens is 1. The van der Waals surface area contributed by atoms with Crippen molar-refractivity contribution in [3.63, 3.8) is 0 Å². The second kappa shape index (κ2) is 5.65. The Balaban J connectivity index is 2.19. The molecule has 0 fully saturated rings. The fraction of sp³-hybridized carbons (Fsp3) is 0.0714. The minimum atomic E-state index is 0.255. The van der Waals surface area contributed by atoms with E-state index in [-0.39, 0.29) is 5.88 Å². The number of benzene rings is 1. The van der Waals surface area contributed by atoms with Gasteiger partial charge in [0.05, 0.1) is 24.3 Å². The standard InChI is InChI=1S/C14H9BrCl2N2OS/c1-6-4-10(21-13(6)15)12-11(14(18)20-19-12)7-2-3-8(16)9(17)5-7/h2-5H,18H2,1H3. The lowest BCUT2D eigenvalue weighted by Crippen LogP contribution is -1.87. The molecule has 7 heteroatoms. The Kier molecular flexibility index (Phi) is 4.01. The minimum absolute atomic E-state index is 0.255. The number of thiophene rings is 1. The quantitative estimate of drug-likeness (QED) is 0.568. The van der Waals surface area contributed by atoms with E-state index in [4.69, 9.17) is 33.5 Å². The fourth-order valence-corrected chi connectivity index (χ4v) is 3.80. The molecular formula is C14H9BrCl2N2OS. The molecule has 0 radical (unpaired) electrons. The van der Waals surface area contributed by atoms with Gasteiger partial charge in [-0.15, -0.1) is 11.3 Å². The number of hydrogen-bond acceptors (Lipinski definition) is 4. The van der Waals surface area contributed by atoms with Crippen molar-refractivity contribution in [2.45, 2.75) is 6.92 Å². The molecule has 0 saturated carbocycles. The van der Waals surface area contributed by atoms with Crippen LogP contribution in [0.4, 0.5) is 5.88 Å². The summed E-state index contributed by atoms with van der Waals surface area (Å²) in [6.07, 6.45) is 0. The largest absolute Gasteiger partial charge is 0.367 e. The molecule has 0 saturated heterocycles. The van der Waals surface area contributed by atoms with Crippen LogP contribution in [0.15, 0.2) is 32.6 Å². The number of rotatable bonds is 2. The molecule has 1 aromatic carbocycles. The third kappa shape index (κ3) is 2.71. The maximum absolute atomic E-state index is 6.08. The van der Waals surface area contributed by atoms with E-state index in [1.54, 1.807) is 23.5 Å². The summed E-state index contributed by atoms with van der Waals surface area (Å²) < 4.78 is 6.22. The SMILES string of the molecule is Cc1cc(-c2noc(N)c2-c2ccc(Cl)c(Cl)c2)sc1Br. The maximum atomic E-state index is 6.08. The minimum Gasteiger partial charge on any atom is -0.367 e. The van der Waals surface area contributed by atoms with Gasteiger partial charge < -0.3 is 10.3 Å². The molecule has 0 amide bonds. The van der Waals surface area contributed by atoms with E-state index >= 15 is 0 Å². The first-order valence-corrected chi connectivity index (χ1v) is 8.30. The van der Waals surface area contributed by atoms with E-state index in [2.05, 4.69) is 21.1 Å². The van der Waals surface area contributed by atoms with Gasteiger partial charge in [-0.3, -0.25) is 0 Å².